The maximum absolute atomic E-state index is 9.26. The fraction of sp³-hybridized carbons (Fsp3) is 0.750. The summed E-state index contributed by atoms with van der Waals surface area (Å²) in [5, 5.41) is 18.5. The van der Waals surface area contributed by atoms with Crippen LogP contribution in [0.1, 0.15) is 91.9 Å². The summed E-state index contributed by atoms with van der Waals surface area (Å²) in [6.45, 7) is 11.4. The van der Waals surface area contributed by atoms with Crippen LogP contribution in [0.2, 0.25) is 0 Å². The van der Waals surface area contributed by atoms with E-state index < -0.39 is 0 Å². The number of hydrogen-bond donors (Lipinski definition) is 0. The molecule has 1 aliphatic rings. The number of rotatable bonds is 12. The summed E-state index contributed by atoms with van der Waals surface area (Å²) in [6.07, 6.45) is 13.9. The van der Waals surface area contributed by atoms with Crippen LogP contribution in [0.3, 0.4) is 0 Å². The fourth-order valence-electron chi connectivity index (χ4n) is 4.10. The lowest BCUT2D eigenvalue weighted by Gasteiger charge is -2.36. The van der Waals surface area contributed by atoms with Crippen molar-refractivity contribution in [3.8, 4) is 12.1 Å². The minimum Gasteiger partial charge on any atom is -0.374 e. The lowest BCUT2D eigenvalue weighted by atomic mass is 9.92. The quantitative estimate of drug-likeness (QED) is 0.358. The number of unbranched alkanes of at least 4 members (excludes halogenated alkanes) is 1. The number of nitriles is 2. The monoisotopic (exact) mass is 369 g/mol. The number of nitrogens with zero attached hydrogens (tertiary/aromatic N) is 3. The van der Waals surface area contributed by atoms with Gasteiger partial charge in [-0.2, -0.15) is 10.5 Å². The van der Waals surface area contributed by atoms with Crippen molar-refractivity contribution in [1.82, 2.24) is 4.90 Å². The summed E-state index contributed by atoms with van der Waals surface area (Å²) in [7, 11) is 0. The Hall–Kier alpha value is -1.74. The van der Waals surface area contributed by atoms with E-state index in [-0.39, 0.29) is 0 Å². The van der Waals surface area contributed by atoms with Crippen molar-refractivity contribution in [1.29, 1.82) is 10.5 Å². The van der Waals surface area contributed by atoms with Crippen molar-refractivity contribution in [2.45, 2.75) is 91.9 Å². The van der Waals surface area contributed by atoms with Crippen LogP contribution in [0.5, 0.6) is 0 Å². The van der Waals surface area contributed by atoms with E-state index in [0.717, 1.165) is 49.8 Å². The van der Waals surface area contributed by atoms with E-state index in [0.29, 0.717) is 5.57 Å². The molecule has 2 atom stereocenters. The smallest absolute Gasteiger partial charge is 0.132 e. The summed E-state index contributed by atoms with van der Waals surface area (Å²) in [4.78, 5) is 2.61. The second-order valence-corrected chi connectivity index (χ2v) is 8.00. The van der Waals surface area contributed by atoms with Gasteiger partial charge in [0.2, 0.25) is 0 Å². The molecular weight excluding hydrogens is 330 g/mol. The first kappa shape index (κ1) is 23.3. The van der Waals surface area contributed by atoms with E-state index >= 15 is 0 Å². The summed E-state index contributed by atoms with van der Waals surface area (Å²) in [5.41, 5.74) is 2.59. The van der Waals surface area contributed by atoms with Crippen molar-refractivity contribution in [2.75, 3.05) is 13.1 Å². The molecule has 0 saturated heterocycles. The van der Waals surface area contributed by atoms with Gasteiger partial charge in [-0.3, -0.25) is 0 Å². The van der Waals surface area contributed by atoms with Crippen molar-refractivity contribution in [2.24, 2.45) is 11.8 Å². The zero-order valence-electron chi connectivity index (χ0n) is 18.1. The van der Waals surface area contributed by atoms with Gasteiger partial charge in [-0.25, -0.2) is 0 Å². The molecular formula is C24H39N3. The lowest BCUT2D eigenvalue weighted by Crippen LogP contribution is -2.34. The van der Waals surface area contributed by atoms with Gasteiger partial charge in [-0.05, 0) is 55.6 Å². The number of hydrogen-bond acceptors (Lipinski definition) is 3. The van der Waals surface area contributed by atoms with Crippen molar-refractivity contribution in [3.63, 3.8) is 0 Å². The Morgan fingerprint density at radius 3 is 2.11 bits per heavy atom. The minimum absolute atomic E-state index is 0.297. The van der Waals surface area contributed by atoms with Crippen molar-refractivity contribution in [3.05, 3.63) is 22.9 Å². The Labute approximate surface area is 167 Å². The van der Waals surface area contributed by atoms with Crippen molar-refractivity contribution < 1.29 is 0 Å². The molecule has 0 amide bonds. The van der Waals surface area contributed by atoms with Gasteiger partial charge < -0.3 is 4.90 Å². The highest BCUT2D eigenvalue weighted by Crippen LogP contribution is 2.30. The molecule has 2 unspecified atom stereocenters. The highest BCUT2D eigenvalue weighted by atomic mass is 15.1. The minimum atomic E-state index is 0.297. The number of allylic oxidation sites excluding steroid dienone is 4. The van der Waals surface area contributed by atoms with E-state index in [1.54, 1.807) is 0 Å². The Morgan fingerprint density at radius 1 is 0.963 bits per heavy atom. The van der Waals surface area contributed by atoms with Crippen LogP contribution in [0.25, 0.3) is 0 Å². The molecule has 0 fully saturated rings. The zero-order valence-corrected chi connectivity index (χ0v) is 18.1. The first-order valence-corrected chi connectivity index (χ1v) is 11.1. The molecule has 1 aliphatic carbocycles. The molecule has 0 bridgehead atoms. The van der Waals surface area contributed by atoms with Gasteiger partial charge in [0.25, 0.3) is 0 Å². The Bertz CT molecular complexity index is 557. The van der Waals surface area contributed by atoms with E-state index in [1.807, 2.05) is 0 Å². The average molecular weight is 370 g/mol. The Morgan fingerprint density at radius 2 is 1.59 bits per heavy atom. The van der Waals surface area contributed by atoms with Crippen LogP contribution in [0, 0.1) is 34.5 Å². The molecule has 150 valence electrons. The first-order valence-electron chi connectivity index (χ1n) is 11.1. The average Bonchev–Trinajstić information content (AvgIpc) is 2.70. The van der Waals surface area contributed by atoms with Crippen LogP contribution in [0.4, 0.5) is 0 Å². The Balaban J connectivity index is 3.09. The molecule has 0 heterocycles. The van der Waals surface area contributed by atoms with Gasteiger partial charge in [0.1, 0.15) is 17.7 Å². The van der Waals surface area contributed by atoms with Gasteiger partial charge >= 0.3 is 0 Å². The van der Waals surface area contributed by atoms with Crippen LogP contribution < -0.4 is 0 Å². The van der Waals surface area contributed by atoms with Gasteiger partial charge in [0, 0.05) is 18.8 Å². The van der Waals surface area contributed by atoms with E-state index in [9.17, 15) is 10.5 Å². The third-order valence-electron chi connectivity index (χ3n) is 5.95. The Kier molecular flexibility index (Phi) is 11.6. The van der Waals surface area contributed by atoms with E-state index in [1.165, 1.54) is 50.6 Å². The second-order valence-electron chi connectivity index (χ2n) is 8.00. The molecule has 0 N–H and O–H groups in total. The molecule has 0 aromatic carbocycles. The summed E-state index contributed by atoms with van der Waals surface area (Å²) in [6, 6.07) is 4.18. The predicted molar refractivity (Wildman–Crippen MR) is 114 cm³/mol. The molecule has 0 spiro atoms. The molecule has 0 aliphatic heterocycles. The molecule has 0 saturated carbocycles. The van der Waals surface area contributed by atoms with Crippen LogP contribution in [-0.2, 0) is 0 Å². The molecule has 3 nitrogen and oxygen atoms in total. The van der Waals surface area contributed by atoms with Gasteiger partial charge in [0.15, 0.2) is 0 Å². The topological polar surface area (TPSA) is 50.8 Å². The third-order valence-corrected chi connectivity index (χ3v) is 5.95. The highest BCUT2D eigenvalue weighted by molar-refractivity contribution is 5.46. The molecule has 0 radical (unpaired) electrons. The molecule has 0 aromatic rings. The van der Waals surface area contributed by atoms with Crippen LogP contribution >= 0.6 is 0 Å². The molecule has 27 heavy (non-hydrogen) atoms. The largest absolute Gasteiger partial charge is 0.374 e. The van der Waals surface area contributed by atoms with Crippen LogP contribution in [-0.4, -0.2) is 18.0 Å². The molecule has 3 heteroatoms. The highest BCUT2D eigenvalue weighted by Gasteiger charge is 2.21. The first-order chi connectivity index (χ1) is 13.1. The summed E-state index contributed by atoms with van der Waals surface area (Å²) in [5.74, 6) is 1.45. The molecule has 0 aromatic heterocycles. The predicted octanol–water partition coefficient (Wildman–Crippen LogP) is 6.74. The zero-order chi connectivity index (χ0) is 20.1. The van der Waals surface area contributed by atoms with E-state index in [4.69, 9.17) is 0 Å². The van der Waals surface area contributed by atoms with Crippen LogP contribution in [0.15, 0.2) is 22.9 Å². The standard InChI is InChI=1S/C24H39N3/c1-5-9-12-21(8-4)19-27(18-20(7-3)11-6-2)24-14-10-13-22(15-24)23(16-25)17-26/h15,20-21H,5-14,18-19H2,1-4H3. The summed E-state index contributed by atoms with van der Waals surface area (Å²) < 4.78 is 0. The van der Waals surface area contributed by atoms with Crippen molar-refractivity contribution >= 4 is 0 Å². The van der Waals surface area contributed by atoms with E-state index in [2.05, 4.69) is 50.8 Å². The van der Waals surface area contributed by atoms with Gasteiger partial charge in [0.05, 0.1) is 0 Å². The maximum atomic E-state index is 9.26. The fourth-order valence-corrected chi connectivity index (χ4v) is 4.10. The SMILES string of the molecule is CCCCC(CC)CN(CC(CC)CCC)C1=CC(=C(C#N)C#N)CCC1. The van der Waals surface area contributed by atoms with Gasteiger partial charge in [-0.15, -0.1) is 0 Å². The normalized spacial score (nSPS) is 16.1. The maximum Gasteiger partial charge on any atom is 0.132 e. The molecule has 1 rings (SSSR count). The third kappa shape index (κ3) is 7.80. The lowest BCUT2D eigenvalue weighted by molar-refractivity contribution is 0.216. The summed E-state index contributed by atoms with van der Waals surface area (Å²) >= 11 is 0. The second kappa shape index (κ2) is 13.4. The van der Waals surface area contributed by atoms with Gasteiger partial charge in [-0.1, -0.05) is 59.8 Å².